The largest absolute Gasteiger partial charge is 0.313 e. The molecule has 5 heteroatoms. The summed E-state index contributed by atoms with van der Waals surface area (Å²) in [5.74, 6) is 0. The van der Waals surface area contributed by atoms with E-state index in [0.717, 1.165) is 36.1 Å². The highest BCUT2D eigenvalue weighted by Gasteiger charge is 2.01. The first kappa shape index (κ1) is 16.7. The summed E-state index contributed by atoms with van der Waals surface area (Å²) in [6, 6.07) is 16.7. The van der Waals surface area contributed by atoms with Crippen LogP contribution in [0.4, 0.5) is 0 Å². The number of fused-ring (bicyclic) bond motifs is 1. The van der Waals surface area contributed by atoms with Crippen LogP contribution in [0.3, 0.4) is 0 Å². The lowest BCUT2D eigenvalue weighted by Gasteiger charge is -2.05. The first-order chi connectivity index (χ1) is 10.3. The fourth-order valence-corrected chi connectivity index (χ4v) is 3.19. The van der Waals surface area contributed by atoms with Crippen LogP contribution in [-0.2, 0) is 13.0 Å². The van der Waals surface area contributed by atoms with Gasteiger partial charge in [-0.25, -0.2) is 0 Å². The van der Waals surface area contributed by atoms with Crippen molar-refractivity contribution in [3.05, 3.63) is 69.3 Å². The lowest BCUT2D eigenvalue weighted by Crippen LogP contribution is -2.15. The minimum absolute atomic E-state index is 0. The van der Waals surface area contributed by atoms with Crippen LogP contribution in [0.2, 0.25) is 0 Å². The summed E-state index contributed by atoms with van der Waals surface area (Å²) in [5.41, 5.74) is 3.55. The number of aromatic amines is 1. The van der Waals surface area contributed by atoms with E-state index in [4.69, 9.17) is 0 Å². The zero-order chi connectivity index (χ0) is 14.5. The number of benzene rings is 2. The molecule has 1 aromatic heterocycles. The highest BCUT2D eigenvalue weighted by Crippen LogP contribution is 2.17. The molecule has 0 unspecified atom stereocenters. The van der Waals surface area contributed by atoms with Gasteiger partial charge in [-0.1, -0.05) is 47.7 Å². The van der Waals surface area contributed by atoms with Gasteiger partial charge >= 0.3 is 4.87 Å². The summed E-state index contributed by atoms with van der Waals surface area (Å²) in [5, 5.41) is 3.46. The number of hydrogen-bond acceptors (Lipinski definition) is 3. The molecule has 0 aliphatic carbocycles. The van der Waals surface area contributed by atoms with E-state index in [9.17, 15) is 4.79 Å². The van der Waals surface area contributed by atoms with Crippen molar-refractivity contribution in [1.29, 1.82) is 0 Å². The van der Waals surface area contributed by atoms with E-state index in [0.29, 0.717) is 0 Å². The van der Waals surface area contributed by atoms with Gasteiger partial charge in [0.05, 0.1) is 10.2 Å². The van der Waals surface area contributed by atoms with Gasteiger partial charge in [-0.05, 0) is 42.6 Å². The number of halogens is 1. The molecule has 0 atom stereocenters. The number of aryl methyl sites for hydroxylation is 1. The van der Waals surface area contributed by atoms with E-state index >= 15 is 0 Å². The molecule has 0 aliphatic rings. The quantitative estimate of drug-likeness (QED) is 0.675. The van der Waals surface area contributed by atoms with Gasteiger partial charge < -0.3 is 10.3 Å². The maximum absolute atomic E-state index is 11.3. The van der Waals surface area contributed by atoms with Crippen molar-refractivity contribution in [3.8, 4) is 0 Å². The van der Waals surface area contributed by atoms with E-state index in [1.807, 2.05) is 12.1 Å². The molecule has 2 aromatic carbocycles. The average molecular weight is 335 g/mol. The molecule has 3 nitrogen and oxygen atoms in total. The van der Waals surface area contributed by atoms with Crippen molar-refractivity contribution in [2.45, 2.75) is 19.4 Å². The summed E-state index contributed by atoms with van der Waals surface area (Å²) in [7, 11) is 0. The highest BCUT2D eigenvalue weighted by molar-refractivity contribution is 7.16. The Morgan fingerprint density at radius 2 is 1.86 bits per heavy atom. The number of thiazole rings is 1. The Kier molecular flexibility index (Phi) is 6.19. The van der Waals surface area contributed by atoms with Crippen molar-refractivity contribution in [2.75, 3.05) is 6.54 Å². The highest BCUT2D eigenvalue weighted by atomic mass is 35.5. The molecular weight excluding hydrogens is 316 g/mol. The first-order valence-electron chi connectivity index (χ1n) is 7.18. The fraction of sp³-hybridized carbons (Fsp3) is 0.235. The second kappa shape index (κ2) is 8.13. The van der Waals surface area contributed by atoms with Crippen LogP contribution in [0.15, 0.2) is 53.3 Å². The Morgan fingerprint density at radius 3 is 2.68 bits per heavy atom. The minimum atomic E-state index is 0. The summed E-state index contributed by atoms with van der Waals surface area (Å²) in [6.45, 7) is 1.91. The van der Waals surface area contributed by atoms with Crippen molar-refractivity contribution in [1.82, 2.24) is 10.3 Å². The maximum atomic E-state index is 11.3. The van der Waals surface area contributed by atoms with Crippen molar-refractivity contribution in [2.24, 2.45) is 0 Å². The number of rotatable bonds is 6. The summed E-state index contributed by atoms with van der Waals surface area (Å²) in [6.07, 6.45) is 2.13. The fourth-order valence-electron chi connectivity index (χ4n) is 2.39. The topological polar surface area (TPSA) is 44.9 Å². The third kappa shape index (κ3) is 4.44. The first-order valence-corrected chi connectivity index (χ1v) is 7.99. The molecule has 3 aromatic rings. The second-order valence-electron chi connectivity index (χ2n) is 5.11. The lowest BCUT2D eigenvalue weighted by molar-refractivity contribution is 0.649. The lowest BCUT2D eigenvalue weighted by atomic mass is 10.1. The van der Waals surface area contributed by atoms with Gasteiger partial charge in [0.25, 0.3) is 0 Å². The predicted octanol–water partition coefficient (Wildman–Crippen LogP) is 3.73. The Bertz CT molecular complexity index is 767. The van der Waals surface area contributed by atoms with Crippen LogP contribution in [0.25, 0.3) is 10.2 Å². The molecule has 116 valence electrons. The molecule has 0 saturated heterocycles. The second-order valence-corrected chi connectivity index (χ2v) is 6.13. The van der Waals surface area contributed by atoms with Crippen LogP contribution in [-0.4, -0.2) is 11.5 Å². The Morgan fingerprint density at radius 1 is 1.05 bits per heavy atom. The number of nitrogens with one attached hydrogen (secondary N) is 2. The molecule has 0 fully saturated rings. The summed E-state index contributed by atoms with van der Waals surface area (Å²) >= 11 is 1.28. The predicted molar refractivity (Wildman–Crippen MR) is 96.2 cm³/mol. The number of H-pyrrole nitrogens is 1. The molecule has 0 radical (unpaired) electrons. The van der Waals surface area contributed by atoms with Gasteiger partial charge in [-0.15, -0.1) is 12.4 Å². The molecule has 0 amide bonds. The summed E-state index contributed by atoms with van der Waals surface area (Å²) < 4.78 is 1.05. The minimum Gasteiger partial charge on any atom is -0.313 e. The average Bonchev–Trinajstić information content (AvgIpc) is 2.87. The van der Waals surface area contributed by atoms with E-state index in [1.165, 1.54) is 22.5 Å². The summed E-state index contributed by atoms with van der Waals surface area (Å²) in [4.78, 5) is 14.1. The third-order valence-corrected chi connectivity index (χ3v) is 4.32. The van der Waals surface area contributed by atoms with Crippen LogP contribution >= 0.6 is 23.7 Å². The smallest absolute Gasteiger partial charge is 0.305 e. The van der Waals surface area contributed by atoms with E-state index in [1.54, 1.807) is 0 Å². The molecule has 0 spiro atoms. The van der Waals surface area contributed by atoms with Gasteiger partial charge in [0.2, 0.25) is 0 Å². The zero-order valence-electron chi connectivity index (χ0n) is 12.2. The van der Waals surface area contributed by atoms with Crippen molar-refractivity contribution >= 4 is 34.0 Å². The molecule has 0 saturated carbocycles. The van der Waals surface area contributed by atoms with Gasteiger partial charge in [-0.2, -0.15) is 0 Å². The molecule has 1 heterocycles. The molecule has 22 heavy (non-hydrogen) atoms. The number of hydrogen-bond donors (Lipinski definition) is 2. The van der Waals surface area contributed by atoms with Gasteiger partial charge in [0, 0.05) is 6.54 Å². The molecule has 0 aliphatic heterocycles. The number of aromatic nitrogens is 1. The SMILES string of the molecule is Cl.O=c1[nH]c2ccc(CCCNCc3ccccc3)cc2s1. The third-order valence-electron chi connectivity index (χ3n) is 3.48. The zero-order valence-corrected chi connectivity index (χ0v) is 13.8. The molecule has 0 bridgehead atoms. The monoisotopic (exact) mass is 334 g/mol. The Balaban J connectivity index is 0.00000176. The van der Waals surface area contributed by atoms with Crippen LogP contribution in [0, 0.1) is 0 Å². The maximum Gasteiger partial charge on any atom is 0.305 e. The van der Waals surface area contributed by atoms with Gasteiger partial charge in [0.1, 0.15) is 0 Å². The van der Waals surface area contributed by atoms with Crippen LogP contribution in [0.1, 0.15) is 17.5 Å². The van der Waals surface area contributed by atoms with Crippen molar-refractivity contribution in [3.63, 3.8) is 0 Å². The van der Waals surface area contributed by atoms with E-state index in [-0.39, 0.29) is 17.3 Å². The van der Waals surface area contributed by atoms with Gasteiger partial charge in [0.15, 0.2) is 0 Å². The standard InChI is InChI=1S/C17H18N2OS.ClH/c20-17-19-15-9-8-13(11-16(15)21-17)7-4-10-18-12-14-5-2-1-3-6-14;/h1-3,5-6,8-9,11,18H,4,7,10,12H2,(H,19,20);1H. The van der Waals surface area contributed by atoms with Crippen LogP contribution in [0.5, 0.6) is 0 Å². The van der Waals surface area contributed by atoms with E-state index in [2.05, 4.69) is 46.7 Å². The van der Waals surface area contributed by atoms with Gasteiger partial charge in [-0.3, -0.25) is 4.79 Å². The molecule has 2 N–H and O–H groups in total. The molecule has 3 rings (SSSR count). The molecular formula is C17H19ClN2OS. The normalized spacial score (nSPS) is 10.5. The van der Waals surface area contributed by atoms with Crippen LogP contribution < -0.4 is 10.2 Å². The van der Waals surface area contributed by atoms with Crippen molar-refractivity contribution < 1.29 is 0 Å². The Hall–Kier alpha value is -1.62. The Labute approximate surface area is 139 Å². The van der Waals surface area contributed by atoms with E-state index < -0.39 is 0 Å².